The van der Waals surface area contributed by atoms with Gasteiger partial charge in [-0.1, -0.05) is 0 Å². The summed E-state index contributed by atoms with van der Waals surface area (Å²) in [5.41, 5.74) is 5.53. The molecule has 0 aliphatic rings. The molecule has 21 nitrogen and oxygen atoms in total. The summed E-state index contributed by atoms with van der Waals surface area (Å²) in [6.07, 6.45) is -2.83. The van der Waals surface area contributed by atoms with Crippen molar-refractivity contribution >= 4 is 83.8 Å². The lowest BCUT2D eigenvalue weighted by Gasteiger charge is -2.27. The summed E-state index contributed by atoms with van der Waals surface area (Å²) in [7, 11) is 0. The zero-order valence-corrected chi connectivity index (χ0v) is 28.5. The van der Waals surface area contributed by atoms with Crippen LogP contribution in [0.2, 0.25) is 0 Å². The van der Waals surface area contributed by atoms with Gasteiger partial charge in [0.15, 0.2) is 0 Å². The third-order valence-electron chi connectivity index (χ3n) is 6.61. The molecular formula is C27H42N6O15S2. The van der Waals surface area contributed by atoms with E-state index in [-0.39, 0.29) is 17.9 Å². The number of amides is 5. The standard InChI is InChI=1S/C27H42N6O15S2/c1-50-9-8-16(32-23(43)13(2-5-18(34)35)29-22(42)12(28)10-21(40)41)26(46)31-14(3-6-19(36)37)24(44)30-15(4-7-20(38)39)25(45)33-17(11-49)27(47)48/h12-17,49H,2-11,28H2,1H3,(H,29,42)(H,30,44)(H,31,46)(H,32,43)(H,33,45)(H,34,35)(H,36,37)(H,38,39)(H,40,41)(H,47,48)/t12-,13-,14-,15-,16-,17-/m0/s1. The molecule has 0 fully saturated rings. The Hall–Kier alpha value is -4.64. The van der Waals surface area contributed by atoms with E-state index in [0.717, 1.165) is 0 Å². The van der Waals surface area contributed by atoms with Crippen molar-refractivity contribution in [2.45, 2.75) is 87.6 Å². The zero-order valence-electron chi connectivity index (χ0n) is 26.8. The SMILES string of the molecule is CSCC[C@H](NC(=O)[C@H](CCC(=O)O)NC(=O)[C@@H](N)CC(=O)O)C(=O)N[C@@H](CCC(=O)O)C(=O)N[C@@H](CCC(=O)O)C(=O)N[C@@H](CS)C(=O)O. The van der Waals surface area contributed by atoms with Gasteiger partial charge in [0.1, 0.15) is 30.2 Å². The minimum absolute atomic E-state index is 0.103. The Morgan fingerprint density at radius 3 is 1.14 bits per heavy atom. The van der Waals surface area contributed by atoms with Crippen molar-refractivity contribution in [2.75, 3.05) is 17.8 Å². The van der Waals surface area contributed by atoms with Crippen molar-refractivity contribution in [3.05, 3.63) is 0 Å². The normalized spacial score (nSPS) is 14.3. The van der Waals surface area contributed by atoms with Crippen LogP contribution >= 0.6 is 24.4 Å². The molecule has 0 aromatic carbocycles. The molecule has 0 bridgehead atoms. The fourth-order valence-corrected chi connectivity index (χ4v) is 4.67. The van der Waals surface area contributed by atoms with E-state index < -0.39 is 141 Å². The summed E-state index contributed by atoms with van der Waals surface area (Å²) in [6, 6.07) is -9.53. The molecular weight excluding hydrogens is 712 g/mol. The van der Waals surface area contributed by atoms with Crippen LogP contribution in [-0.4, -0.2) is 139 Å². The number of hydrogen-bond donors (Lipinski definition) is 12. The lowest BCUT2D eigenvalue weighted by Crippen LogP contribution is -2.59. The van der Waals surface area contributed by atoms with Crippen LogP contribution in [0.25, 0.3) is 0 Å². The van der Waals surface area contributed by atoms with Gasteiger partial charge in [0, 0.05) is 25.0 Å². The quantitative estimate of drug-likeness (QED) is 0.0382. The molecule has 0 spiro atoms. The summed E-state index contributed by atoms with van der Waals surface area (Å²) >= 11 is 5.06. The Kier molecular flexibility index (Phi) is 21.5. The fourth-order valence-electron chi connectivity index (χ4n) is 3.95. The van der Waals surface area contributed by atoms with Crippen molar-refractivity contribution in [2.24, 2.45) is 5.73 Å². The van der Waals surface area contributed by atoms with E-state index in [1.165, 1.54) is 11.8 Å². The lowest BCUT2D eigenvalue weighted by atomic mass is 10.1. The van der Waals surface area contributed by atoms with Gasteiger partial charge in [-0.2, -0.15) is 24.4 Å². The van der Waals surface area contributed by atoms with E-state index in [2.05, 4.69) is 39.2 Å². The maximum Gasteiger partial charge on any atom is 0.327 e. The third kappa shape index (κ3) is 18.8. The van der Waals surface area contributed by atoms with E-state index in [1.807, 2.05) is 0 Å². The lowest BCUT2D eigenvalue weighted by molar-refractivity contribution is -0.142. The first-order valence-corrected chi connectivity index (χ1v) is 16.8. The van der Waals surface area contributed by atoms with Crippen LogP contribution < -0.4 is 32.3 Å². The van der Waals surface area contributed by atoms with E-state index in [4.69, 9.17) is 21.1 Å². The first-order chi connectivity index (χ1) is 23.3. The van der Waals surface area contributed by atoms with Crippen LogP contribution in [0, 0.1) is 0 Å². The van der Waals surface area contributed by atoms with Crippen LogP contribution in [0.5, 0.6) is 0 Å². The summed E-state index contributed by atoms with van der Waals surface area (Å²) in [4.78, 5) is 121. The molecule has 0 saturated carbocycles. The molecule has 0 unspecified atom stereocenters. The van der Waals surface area contributed by atoms with Gasteiger partial charge in [-0.15, -0.1) is 0 Å². The molecule has 0 heterocycles. The maximum atomic E-state index is 13.4. The predicted octanol–water partition coefficient (Wildman–Crippen LogP) is -3.43. The molecule has 0 saturated heterocycles. The van der Waals surface area contributed by atoms with Crippen molar-refractivity contribution in [1.29, 1.82) is 0 Å². The molecule has 0 rings (SSSR count). The molecule has 5 amide bonds. The predicted molar refractivity (Wildman–Crippen MR) is 175 cm³/mol. The van der Waals surface area contributed by atoms with Gasteiger partial charge in [0.05, 0.1) is 12.5 Å². The first-order valence-electron chi connectivity index (χ1n) is 14.8. The van der Waals surface area contributed by atoms with E-state index in [0.29, 0.717) is 0 Å². The topological polar surface area (TPSA) is 358 Å². The highest BCUT2D eigenvalue weighted by Gasteiger charge is 2.33. The van der Waals surface area contributed by atoms with Gasteiger partial charge in [-0.3, -0.25) is 43.2 Å². The average Bonchev–Trinajstić information content (AvgIpc) is 3.02. The molecule has 0 aromatic heterocycles. The molecule has 0 aliphatic heterocycles. The molecule has 282 valence electrons. The molecule has 0 radical (unpaired) electrons. The number of thiol groups is 1. The van der Waals surface area contributed by atoms with Crippen LogP contribution in [0.1, 0.15) is 51.4 Å². The second kappa shape index (κ2) is 23.7. The Bertz CT molecular complexity index is 1270. The number of aliphatic carboxylic acids is 5. The summed E-state index contributed by atoms with van der Waals surface area (Å²) in [6.45, 7) is 0. The summed E-state index contributed by atoms with van der Waals surface area (Å²) in [5.74, 6) is -12.6. The number of hydrogen-bond acceptors (Lipinski definition) is 13. The number of nitrogens with two attached hydrogens (primary N) is 1. The van der Waals surface area contributed by atoms with Crippen molar-refractivity contribution in [3.8, 4) is 0 Å². The Morgan fingerprint density at radius 2 is 0.860 bits per heavy atom. The second-order valence-electron chi connectivity index (χ2n) is 10.6. The van der Waals surface area contributed by atoms with Gasteiger partial charge in [-0.25, -0.2) is 4.79 Å². The van der Waals surface area contributed by atoms with Crippen molar-refractivity contribution in [1.82, 2.24) is 26.6 Å². The van der Waals surface area contributed by atoms with E-state index >= 15 is 0 Å². The van der Waals surface area contributed by atoms with Gasteiger partial charge >= 0.3 is 29.8 Å². The highest BCUT2D eigenvalue weighted by Crippen LogP contribution is 2.08. The molecule has 50 heavy (non-hydrogen) atoms. The number of carboxylic acid groups (broad SMARTS) is 5. The molecule has 0 aromatic rings. The Balaban J connectivity index is 6.24. The van der Waals surface area contributed by atoms with Gasteiger partial charge in [-0.05, 0) is 37.7 Å². The van der Waals surface area contributed by atoms with Crippen LogP contribution in [0.3, 0.4) is 0 Å². The maximum absolute atomic E-state index is 13.4. The Labute approximate surface area is 294 Å². The number of thioether (sulfide) groups is 1. The monoisotopic (exact) mass is 754 g/mol. The van der Waals surface area contributed by atoms with Gasteiger partial charge in [0.25, 0.3) is 0 Å². The highest BCUT2D eigenvalue weighted by molar-refractivity contribution is 7.98. The zero-order chi connectivity index (χ0) is 38.6. The number of rotatable bonds is 26. The van der Waals surface area contributed by atoms with Gasteiger partial charge < -0.3 is 57.9 Å². The number of carbonyl (C=O) groups excluding carboxylic acids is 5. The highest BCUT2D eigenvalue weighted by atomic mass is 32.2. The third-order valence-corrected chi connectivity index (χ3v) is 7.62. The van der Waals surface area contributed by atoms with Crippen molar-refractivity contribution < 1.29 is 73.5 Å². The molecule has 23 heteroatoms. The minimum atomic E-state index is -1.69. The minimum Gasteiger partial charge on any atom is -0.481 e. The van der Waals surface area contributed by atoms with E-state index in [1.54, 1.807) is 6.26 Å². The number of carboxylic acids is 5. The molecule has 0 aliphatic carbocycles. The smallest absolute Gasteiger partial charge is 0.327 e. The van der Waals surface area contributed by atoms with Crippen LogP contribution in [0.15, 0.2) is 0 Å². The summed E-state index contributed by atoms with van der Waals surface area (Å²) < 4.78 is 0. The molecule has 12 N–H and O–H groups in total. The number of nitrogens with one attached hydrogen (secondary N) is 5. The fraction of sp³-hybridized carbons (Fsp3) is 0.630. The van der Waals surface area contributed by atoms with E-state index in [9.17, 15) is 58.2 Å². The average molecular weight is 755 g/mol. The largest absolute Gasteiger partial charge is 0.481 e. The summed E-state index contributed by atoms with van der Waals surface area (Å²) in [5, 5.41) is 56.6. The number of carbonyl (C=O) groups is 10. The second-order valence-corrected chi connectivity index (χ2v) is 12.0. The van der Waals surface area contributed by atoms with Crippen LogP contribution in [0.4, 0.5) is 0 Å². The van der Waals surface area contributed by atoms with Crippen LogP contribution in [-0.2, 0) is 47.9 Å². The van der Waals surface area contributed by atoms with Gasteiger partial charge in [0.2, 0.25) is 29.5 Å². The van der Waals surface area contributed by atoms with Crippen molar-refractivity contribution in [3.63, 3.8) is 0 Å². The first kappa shape index (κ1) is 45.4. The Morgan fingerprint density at radius 1 is 0.540 bits per heavy atom. The molecule has 6 atom stereocenters.